The number of Topliss-reactive ketones (excluding diaryl/α,β-unsaturated/α-hetero) is 1. The van der Waals surface area contributed by atoms with Gasteiger partial charge in [0.1, 0.15) is 11.9 Å². The van der Waals surface area contributed by atoms with E-state index in [2.05, 4.69) is 50.5 Å². The topological polar surface area (TPSA) is 43.4 Å². The van der Waals surface area contributed by atoms with Gasteiger partial charge >= 0.3 is 5.97 Å². The van der Waals surface area contributed by atoms with Crippen molar-refractivity contribution >= 4 is 27.7 Å². The smallest absolute Gasteiger partial charge is 0.302 e. The molecule has 0 saturated heterocycles. The Hall–Kier alpha value is -0.380. The van der Waals surface area contributed by atoms with E-state index in [9.17, 15) is 9.59 Å². The Morgan fingerprint density at radius 1 is 1.00 bits per heavy atom. The summed E-state index contributed by atoms with van der Waals surface area (Å²) >= 11 is 3.90. The second kappa shape index (κ2) is 9.58. The molecule has 0 aliphatic heterocycles. The third-order valence-corrected chi connectivity index (χ3v) is 12.1. The van der Waals surface area contributed by atoms with E-state index in [1.807, 2.05) is 0 Å². The van der Waals surface area contributed by atoms with Gasteiger partial charge < -0.3 is 4.74 Å². The number of hydrogen-bond donors (Lipinski definition) is 0. The summed E-state index contributed by atoms with van der Waals surface area (Å²) in [7, 11) is 0. The highest BCUT2D eigenvalue weighted by Crippen LogP contribution is 2.68. The van der Waals surface area contributed by atoms with Crippen LogP contribution < -0.4 is 0 Å². The lowest BCUT2D eigenvalue weighted by Gasteiger charge is -2.61. The van der Waals surface area contributed by atoms with Crippen molar-refractivity contribution in [3.8, 4) is 0 Å². The second-order valence-electron chi connectivity index (χ2n) is 13.2. The first-order valence-corrected chi connectivity index (χ1v) is 14.8. The van der Waals surface area contributed by atoms with Gasteiger partial charge in [-0.15, -0.1) is 0 Å². The molecule has 0 N–H and O–H groups in total. The molecule has 33 heavy (non-hydrogen) atoms. The highest BCUT2D eigenvalue weighted by atomic mass is 79.9. The molecule has 10 atom stereocenters. The summed E-state index contributed by atoms with van der Waals surface area (Å²) < 4.78 is 5.61. The normalized spacial score (nSPS) is 45.8. The van der Waals surface area contributed by atoms with E-state index in [-0.39, 0.29) is 34.2 Å². The molecule has 4 aliphatic rings. The summed E-state index contributed by atoms with van der Waals surface area (Å²) in [6.07, 6.45) is 11.9. The van der Waals surface area contributed by atoms with Crippen molar-refractivity contribution in [1.82, 2.24) is 0 Å². The van der Waals surface area contributed by atoms with Gasteiger partial charge in [-0.2, -0.15) is 0 Å². The third-order valence-electron chi connectivity index (χ3n) is 11.0. The first kappa shape index (κ1) is 25.7. The minimum absolute atomic E-state index is 0.0265. The summed E-state index contributed by atoms with van der Waals surface area (Å²) in [5.41, 5.74) is 0.491. The van der Waals surface area contributed by atoms with Gasteiger partial charge in [0.2, 0.25) is 0 Å². The molecule has 0 unspecified atom stereocenters. The average Bonchev–Trinajstić information content (AvgIpc) is 3.09. The van der Waals surface area contributed by atoms with E-state index < -0.39 is 0 Å². The number of rotatable bonds is 6. The summed E-state index contributed by atoms with van der Waals surface area (Å²) in [4.78, 5) is 25.4. The van der Waals surface area contributed by atoms with Crippen LogP contribution in [-0.2, 0) is 14.3 Å². The fraction of sp³-hybridized carbons (Fsp3) is 0.931. The zero-order chi connectivity index (χ0) is 24.1. The maximum Gasteiger partial charge on any atom is 0.302 e. The van der Waals surface area contributed by atoms with Crippen LogP contribution in [0, 0.1) is 52.3 Å². The zero-order valence-electron chi connectivity index (χ0n) is 21.9. The molecule has 0 aromatic rings. The SMILES string of the molecule is CC(=O)O[C@@H]1CC[C@]2(C)[C@@H]3CC[C@]4(C)[C@H](CC[C@@H]4[C@H](C)CCCC(C)C)[C@@H]3C(=O)[C@H](Br)[C@H]2C1. The monoisotopic (exact) mass is 522 g/mol. The van der Waals surface area contributed by atoms with Gasteiger partial charge in [-0.1, -0.05) is 69.8 Å². The van der Waals surface area contributed by atoms with Gasteiger partial charge in [-0.05, 0) is 91.3 Å². The molecule has 4 rings (SSSR count). The lowest BCUT2D eigenvalue weighted by Crippen LogP contribution is -2.61. The summed E-state index contributed by atoms with van der Waals surface area (Å²) in [5.74, 6) is 4.13. The van der Waals surface area contributed by atoms with Crippen molar-refractivity contribution in [1.29, 1.82) is 0 Å². The lowest BCUT2D eigenvalue weighted by molar-refractivity contribution is -0.166. The van der Waals surface area contributed by atoms with Gasteiger partial charge in [0.05, 0.1) is 4.83 Å². The highest BCUT2D eigenvalue weighted by Gasteiger charge is 2.65. The molecule has 4 fully saturated rings. The van der Waals surface area contributed by atoms with E-state index in [0.717, 1.165) is 37.0 Å². The molecule has 3 nitrogen and oxygen atoms in total. The Balaban J connectivity index is 1.53. The average molecular weight is 524 g/mol. The molecular weight excluding hydrogens is 476 g/mol. The Labute approximate surface area is 210 Å². The highest BCUT2D eigenvalue weighted by molar-refractivity contribution is 9.10. The van der Waals surface area contributed by atoms with Crippen LogP contribution >= 0.6 is 15.9 Å². The first-order chi connectivity index (χ1) is 15.5. The Morgan fingerprint density at radius 2 is 1.67 bits per heavy atom. The molecule has 0 radical (unpaired) electrons. The molecule has 0 amide bonds. The molecule has 4 aliphatic carbocycles. The number of fused-ring (bicyclic) bond motifs is 5. The standard InChI is InChI=1S/C29H47BrO3/c1-17(2)8-7-9-18(3)21-10-11-22-25-23(13-15-28(21,22)5)29(6)14-12-20(33-19(4)31)16-24(29)26(30)27(25)32/h17-18,20-26H,7-16H2,1-6H3/t18-,20-,21-,22-,23-,24-,25+,26-,28+,29-/m1/s1. The molecule has 4 saturated carbocycles. The van der Waals surface area contributed by atoms with Gasteiger partial charge in [0.15, 0.2) is 0 Å². The predicted molar refractivity (Wildman–Crippen MR) is 137 cm³/mol. The van der Waals surface area contributed by atoms with Crippen molar-refractivity contribution in [2.45, 2.75) is 117 Å². The maximum absolute atomic E-state index is 13.9. The van der Waals surface area contributed by atoms with Crippen LogP contribution in [0.5, 0.6) is 0 Å². The fourth-order valence-corrected chi connectivity index (χ4v) is 10.4. The first-order valence-electron chi connectivity index (χ1n) is 13.8. The van der Waals surface area contributed by atoms with Crippen molar-refractivity contribution in [3.63, 3.8) is 0 Å². The second-order valence-corrected chi connectivity index (χ2v) is 14.2. The van der Waals surface area contributed by atoms with E-state index in [1.54, 1.807) is 0 Å². The van der Waals surface area contributed by atoms with Crippen molar-refractivity contribution in [3.05, 3.63) is 0 Å². The zero-order valence-corrected chi connectivity index (χ0v) is 23.5. The number of carbonyl (C=O) groups is 2. The molecule has 0 heterocycles. The Bertz CT molecular complexity index is 749. The molecule has 4 heteroatoms. The van der Waals surface area contributed by atoms with Gasteiger partial charge in [0, 0.05) is 12.8 Å². The fourth-order valence-electron chi connectivity index (χ4n) is 9.27. The van der Waals surface area contributed by atoms with Crippen LogP contribution in [0.1, 0.15) is 106 Å². The van der Waals surface area contributed by atoms with Crippen LogP contribution in [0.2, 0.25) is 0 Å². The minimum atomic E-state index is -0.192. The molecule has 0 aromatic heterocycles. The number of esters is 1. The maximum atomic E-state index is 13.9. The predicted octanol–water partition coefficient (Wildman–Crippen LogP) is 7.59. The van der Waals surface area contributed by atoms with Crippen LogP contribution in [0.4, 0.5) is 0 Å². The van der Waals surface area contributed by atoms with Crippen molar-refractivity contribution in [2.75, 3.05) is 0 Å². The quantitative estimate of drug-likeness (QED) is 0.266. The summed E-state index contributed by atoms with van der Waals surface area (Å²) in [6.45, 7) is 13.7. The van der Waals surface area contributed by atoms with Gasteiger partial charge in [-0.25, -0.2) is 0 Å². The number of alkyl halides is 1. The summed E-state index contributed by atoms with van der Waals surface area (Å²) in [5, 5.41) is 0. The van der Waals surface area contributed by atoms with Crippen LogP contribution in [0.25, 0.3) is 0 Å². The molecule has 0 aromatic carbocycles. The van der Waals surface area contributed by atoms with Crippen LogP contribution in [0.15, 0.2) is 0 Å². The lowest BCUT2D eigenvalue weighted by atomic mass is 9.44. The van der Waals surface area contributed by atoms with Crippen LogP contribution in [-0.4, -0.2) is 22.7 Å². The van der Waals surface area contributed by atoms with E-state index >= 15 is 0 Å². The largest absolute Gasteiger partial charge is 0.463 e. The molecule has 0 bridgehead atoms. The molecule has 188 valence electrons. The Morgan fingerprint density at radius 3 is 2.33 bits per heavy atom. The van der Waals surface area contributed by atoms with E-state index in [0.29, 0.717) is 23.0 Å². The number of halogens is 1. The van der Waals surface area contributed by atoms with Crippen molar-refractivity contribution in [2.24, 2.45) is 52.3 Å². The van der Waals surface area contributed by atoms with Gasteiger partial charge in [-0.3, -0.25) is 9.59 Å². The molecule has 0 spiro atoms. The number of ketones is 1. The van der Waals surface area contributed by atoms with Gasteiger partial charge in [0.25, 0.3) is 0 Å². The number of hydrogen-bond acceptors (Lipinski definition) is 3. The minimum Gasteiger partial charge on any atom is -0.463 e. The summed E-state index contributed by atoms with van der Waals surface area (Å²) in [6, 6.07) is 0. The number of carbonyl (C=O) groups excluding carboxylic acids is 2. The Kier molecular flexibility index (Phi) is 7.46. The third kappa shape index (κ3) is 4.49. The molecular formula is C29H47BrO3. The number of ether oxygens (including phenoxy) is 1. The van der Waals surface area contributed by atoms with E-state index in [4.69, 9.17) is 4.74 Å². The van der Waals surface area contributed by atoms with Crippen LogP contribution in [0.3, 0.4) is 0 Å². The van der Waals surface area contributed by atoms with Crippen molar-refractivity contribution < 1.29 is 14.3 Å². The van der Waals surface area contributed by atoms with E-state index in [1.165, 1.54) is 51.9 Å².